The molecule has 2 saturated heterocycles. The summed E-state index contributed by atoms with van der Waals surface area (Å²) in [5.41, 5.74) is 3.51. The van der Waals surface area contributed by atoms with Crippen molar-refractivity contribution >= 4 is 29.5 Å². The van der Waals surface area contributed by atoms with Crippen LogP contribution in [-0.2, 0) is 20.9 Å². The summed E-state index contributed by atoms with van der Waals surface area (Å²) in [7, 11) is 0. The van der Waals surface area contributed by atoms with Crippen LogP contribution in [0, 0.1) is 6.92 Å². The Hall–Kier alpha value is -4.66. The van der Waals surface area contributed by atoms with Gasteiger partial charge in [0.2, 0.25) is 11.8 Å². The average Bonchev–Trinajstić information content (AvgIpc) is 3.29. The number of piperazine rings is 1. The van der Waals surface area contributed by atoms with E-state index in [-0.39, 0.29) is 24.3 Å². The van der Waals surface area contributed by atoms with E-state index in [1.165, 1.54) is 11.8 Å². The van der Waals surface area contributed by atoms with Gasteiger partial charge in [0.1, 0.15) is 0 Å². The molecule has 40 heavy (non-hydrogen) atoms. The molecular weight excluding hydrogens is 508 g/mol. The van der Waals surface area contributed by atoms with Crippen LogP contribution in [-0.4, -0.2) is 70.7 Å². The first-order valence-electron chi connectivity index (χ1n) is 13.3. The summed E-state index contributed by atoms with van der Waals surface area (Å²) >= 11 is 0. The van der Waals surface area contributed by atoms with Crippen LogP contribution in [0.4, 0.5) is 10.5 Å². The van der Waals surface area contributed by atoms with Crippen molar-refractivity contribution in [3.05, 3.63) is 101 Å². The molecule has 2 aliphatic rings. The highest BCUT2D eigenvalue weighted by molar-refractivity contribution is 6.04. The first kappa shape index (κ1) is 26.9. The Labute approximate surface area is 233 Å². The van der Waals surface area contributed by atoms with E-state index in [0.717, 1.165) is 11.1 Å². The van der Waals surface area contributed by atoms with Gasteiger partial charge in [-0.15, -0.1) is 0 Å². The number of anilines is 1. The summed E-state index contributed by atoms with van der Waals surface area (Å²) < 4.78 is 5.84. The fourth-order valence-corrected chi connectivity index (χ4v) is 5.19. The lowest BCUT2D eigenvalue weighted by Gasteiger charge is -2.37. The fourth-order valence-electron chi connectivity index (χ4n) is 5.19. The van der Waals surface area contributed by atoms with Gasteiger partial charge in [-0.05, 0) is 42.3 Å². The topological polar surface area (TPSA) is 99.3 Å². The smallest absolute Gasteiger partial charge is 0.411 e. The number of carbonyl (C=O) groups excluding carboxylic acids is 4. The quantitative estimate of drug-likeness (QED) is 0.510. The van der Waals surface area contributed by atoms with Crippen molar-refractivity contribution in [1.82, 2.24) is 14.7 Å². The van der Waals surface area contributed by atoms with Crippen molar-refractivity contribution < 1.29 is 23.9 Å². The number of aryl methyl sites for hydroxylation is 1. The Morgan fingerprint density at radius 2 is 1.57 bits per heavy atom. The Balaban J connectivity index is 1.41. The minimum Gasteiger partial charge on any atom is -0.438 e. The molecule has 1 N–H and O–H groups in total. The molecule has 3 aromatic carbocycles. The summed E-state index contributed by atoms with van der Waals surface area (Å²) in [6.45, 7) is 5.28. The van der Waals surface area contributed by atoms with Gasteiger partial charge in [-0.25, -0.2) is 4.79 Å². The molecule has 2 aliphatic heterocycles. The average molecular weight is 541 g/mol. The molecule has 0 spiro atoms. The zero-order chi connectivity index (χ0) is 28.2. The third-order valence-electron chi connectivity index (χ3n) is 7.32. The fraction of sp³-hybridized carbons (Fsp3) is 0.290. The van der Waals surface area contributed by atoms with Gasteiger partial charge in [-0.3, -0.25) is 19.3 Å². The predicted octanol–water partition coefficient (Wildman–Crippen LogP) is 4.00. The minimum absolute atomic E-state index is 0.0282. The second kappa shape index (κ2) is 11.6. The van der Waals surface area contributed by atoms with E-state index in [1.54, 1.807) is 46.2 Å². The van der Waals surface area contributed by atoms with Gasteiger partial charge < -0.3 is 19.9 Å². The Morgan fingerprint density at radius 1 is 0.875 bits per heavy atom. The maximum Gasteiger partial charge on any atom is 0.411 e. The summed E-state index contributed by atoms with van der Waals surface area (Å²) in [4.78, 5) is 56.7. The molecule has 2 fully saturated rings. The van der Waals surface area contributed by atoms with E-state index >= 15 is 0 Å². The molecular formula is C31H32N4O5. The molecule has 2 heterocycles. The molecule has 0 aliphatic carbocycles. The number of nitrogens with one attached hydrogen (secondary N) is 1. The van der Waals surface area contributed by atoms with Crippen LogP contribution < -0.4 is 5.32 Å². The zero-order valence-corrected chi connectivity index (χ0v) is 22.6. The van der Waals surface area contributed by atoms with Crippen molar-refractivity contribution in [1.29, 1.82) is 0 Å². The van der Waals surface area contributed by atoms with Gasteiger partial charge in [-0.1, -0.05) is 60.2 Å². The van der Waals surface area contributed by atoms with Crippen LogP contribution in [0.2, 0.25) is 0 Å². The second-order valence-electron chi connectivity index (χ2n) is 10.1. The van der Waals surface area contributed by atoms with Gasteiger partial charge in [0, 0.05) is 44.4 Å². The van der Waals surface area contributed by atoms with Crippen molar-refractivity contribution in [2.24, 2.45) is 0 Å². The van der Waals surface area contributed by atoms with Crippen molar-refractivity contribution in [3.8, 4) is 0 Å². The van der Waals surface area contributed by atoms with E-state index in [9.17, 15) is 19.2 Å². The number of hydrogen-bond acceptors (Lipinski definition) is 5. The Bertz CT molecular complexity index is 1420. The summed E-state index contributed by atoms with van der Waals surface area (Å²) in [5.74, 6) is -0.519. The number of nitrogens with zero attached hydrogens (tertiary/aromatic N) is 3. The highest BCUT2D eigenvalue weighted by Crippen LogP contribution is 2.36. The third-order valence-corrected chi connectivity index (χ3v) is 7.32. The standard InChI is InChI=1S/C31H32N4O5/c1-21-8-6-12-25(18-21)29(37)32-26-13-7-11-24(19-26)28-27(30(38)34-16-14-33(15-17-34)22(2)36)35(31(39)40-28)20-23-9-4-3-5-10-23/h3-13,18-19,27-28H,14-17,20H2,1-2H3,(H,32,37). The second-order valence-corrected chi connectivity index (χ2v) is 10.1. The van der Waals surface area contributed by atoms with E-state index in [4.69, 9.17) is 4.74 Å². The number of ether oxygens (including phenoxy) is 1. The highest BCUT2D eigenvalue weighted by atomic mass is 16.6. The van der Waals surface area contributed by atoms with Crippen molar-refractivity contribution in [2.45, 2.75) is 32.5 Å². The SMILES string of the molecule is CC(=O)N1CCN(C(=O)C2C(c3cccc(NC(=O)c4cccc(C)c4)c3)OC(=O)N2Cc2ccccc2)CC1. The van der Waals surface area contributed by atoms with Gasteiger partial charge in [0.15, 0.2) is 12.1 Å². The lowest BCUT2D eigenvalue weighted by Crippen LogP contribution is -2.55. The molecule has 4 amide bonds. The molecule has 206 valence electrons. The molecule has 0 aromatic heterocycles. The molecule has 2 unspecified atom stereocenters. The normalized spacial score (nSPS) is 18.9. The molecule has 0 radical (unpaired) electrons. The highest BCUT2D eigenvalue weighted by Gasteiger charge is 2.48. The molecule has 0 saturated carbocycles. The summed E-state index contributed by atoms with van der Waals surface area (Å²) in [6, 6.07) is 22.9. The maximum absolute atomic E-state index is 14.0. The third kappa shape index (κ3) is 5.83. The number of carbonyl (C=O) groups is 4. The number of rotatable bonds is 6. The van der Waals surface area contributed by atoms with Crippen LogP contribution in [0.25, 0.3) is 0 Å². The van der Waals surface area contributed by atoms with E-state index < -0.39 is 18.2 Å². The molecule has 9 nitrogen and oxygen atoms in total. The number of amides is 4. The minimum atomic E-state index is -0.903. The summed E-state index contributed by atoms with van der Waals surface area (Å²) in [6.07, 6.45) is -1.45. The molecule has 2 atom stereocenters. The van der Waals surface area contributed by atoms with Crippen LogP contribution in [0.15, 0.2) is 78.9 Å². The van der Waals surface area contributed by atoms with Gasteiger partial charge in [-0.2, -0.15) is 0 Å². The van der Waals surface area contributed by atoms with Gasteiger partial charge in [0.25, 0.3) is 5.91 Å². The number of cyclic esters (lactones) is 1. The molecule has 5 rings (SSSR count). The van der Waals surface area contributed by atoms with Crippen LogP contribution in [0.3, 0.4) is 0 Å². The van der Waals surface area contributed by atoms with Crippen LogP contribution >= 0.6 is 0 Å². The Morgan fingerprint density at radius 3 is 2.27 bits per heavy atom. The zero-order valence-electron chi connectivity index (χ0n) is 22.6. The largest absolute Gasteiger partial charge is 0.438 e. The molecule has 3 aromatic rings. The number of hydrogen-bond donors (Lipinski definition) is 1. The van der Waals surface area contributed by atoms with Crippen LogP contribution in [0.5, 0.6) is 0 Å². The van der Waals surface area contributed by atoms with Crippen LogP contribution in [0.1, 0.15) is 40.1 Å². The van der Waals surface area contributed by atoms with Gasteiger partial charge in [0.05, 0.1) is 6.54 Å². The number of benzene rings is 3. The first-order valence-corrected chi connectivity index (χ1v) is 13.3. The summed E-state index contributed by atoms with van der Waals surface area (Å²) in [5, 5.41) is 2.91. The van der Waals surface area contributed by atoms with Crippen molar-refractivity contribution in [3.63, 3.8) is 0 Å². The van der Waals surface area contributed by atoms with E-state index in [0.29, 0.717) is 43.0 Å². The molecule has 0 bridgehead atoms. The maximum atomic E-state index is 14.0. The van der Waals surface area contributed by atoms with Crippen molar-refractivity contribution in [2.75, 3.05) is 31.5 Å². The van der Waals surface area contributed by atoms with Gasteiger partial charge >= 0.3 is 6.09 Å². The predicted molar refractivity (Wildman–Crippen MR) is 149 cm³/mol. The Kier molecular flexibility index (Phi) is 7.82. The monoisotopic (exact) mass is 540 g/mol. The first-order chi connectivity index (χ1) is 19.3. The lowest BCUT2D eigenvalue weighted by atomic mass is 9.99. The lowest BCUT2D eigenvalue weighted by molar-refractivity contribution is -0.142. The van der Waals surface area contributed by atoms with E-state index in [2.05, 4.69) is 5.32 Å². The van der Waals surface area contributed by atoms with E-state index in [1.807, 2.05) is 49.4 Å². The molecule has 9 heteroatoms.